The van der Waals surface area contributed by atoms with Gasteiger partial charge in [-0.1, -0.05) is 0 Å². The van der Waals surface area contributed by atoms with E-state index in [0.717, 1.165) is 18.0 Å². The van der Waals surface area contributed by atoms with Crippen LogP contribution in [0.2, 0.25) is 0 Å². The first kappa shape index (κ1) is 11.2. The quantitative estimate of drug-likeness (QED) is 0.754. The molecule has 78 valence electrons. The van der Waals surface area contributed by atoms with Gasteiger partial charge in [0.2, 0.25) is 5.91 Å². The predicted octanol–water partition coefficient (Wildman–Crippen LogP) is 1.71. The van der Waals surface area contributed by atoms with Crippen LogP contribution in [0.25, 0.3) is 0 Å². The zero-order valence-corrected chi connectivity index (χ0v) is 9.43. The van der Waals surface area contributed by atoms with Crippen molar-refractivity contribution in [2.24, 2.45) is 0 Å². The second kappa shape index (κ2) is 5.78. The first-order valence-electron chi connectivity index (χ1n) is 4.70. The Morgan fingerprint density at radius 1 is 1.64 bits per heavy atom. The normalized spacial score (nSPS) is 10.1. The minimum atomic E-state index is 0.183. The first-order valence-corrected chi connectivity index (χ1v) is 5.58. The van der Waals surface area contributed by atoms with Crippen LogP contribution in [-0.2, 0) is 4.79 Å². The number of hydrogen-bond acceptors (Lipinski definition) is 3. The zero-order valence-electron chi connectivity index (χ0n) is 8.62. The molecule has 1 N–H and O–H groups in total. The summed E-state index contributed by atoms with van der Waals surface area (Å²) in [5, 5.41) is 6.02. The van der Waals surface area contributed by atoms with Gasteiger partial charge in [0.25, 0.3) is 0 Å². The minimum Gasteiger partial charge on any atom is -0.320 e. The summed E-state index contributed by atoms with van der Waals surface area (Å²) in [7, 11) is 3.72. The molecule has 3 nitrogen and oxygen atoms in total. The lowest BCUT2D eigenvalue weighted by Crippen LogP contribution is -2.25. The van der Waals surface area contributed by atoms with Crippen molar-refractivity contribution in [3.63, 3.8) is 0 Å². The van der Waals surface area contributed by atoms with Crippen molar-refractivity contribution >= 4 is 22.2 Å². The number of rotatable bonds is 5. The van der Waals surface area contributed by atoms with E-state index in [2.05, 4.69) is 5.32 Å². The highest BCUT2D eigenvalue weighted by Crippen LogP contribution is 2.20. The lowest BCUT2D eigenvalue weighted by Gasteiger charge is -2.14. The third-order valence-corrected chi connectivity index (χ3v) is 2.97. The number of carbonyl (C=O) groups excluding carboxylic acids is 1. The fourth-order valence-corrected chi connectivity index (χ4v) is 1.88. The molecule has 0 bridgehead atoms. The minimum absolute atomic E-state index is 0.183. The zero-order chi connectivity index (χ0) is 10.4. The molecule has 14 heavy (non-hydrogen) atoms. The van der Waals surface area contributed by atoms with Gasteiger partial charge in [-0.25, -0.2) is 0 Å². The summed E-state index contributed by atoms with van der Waals surface area (Å²) in [5.41, 5.74) is 0. The molecule has 0 radical (unpaired) electrons. The lowest BCUT2D eigenvalue weighted by atomic mass is 10.3. The molecule has 0 aromatic carbocycles. The number of nitrogens with zero attached hydrogens (tertiary/aromatic N) is 1. The Morgan fingerprint density at radius 3 is 3.00 bits per heavy atom. The van der Waals surface area contributed by atoms with E-state index < -0.39 is 0 Å². The molecule has 0 atom stereocenters. The van der Waals surface area contributed by atoms with E-state index in [0.29, 0.717) is 6.42 Å². The summed E-state index contributed by atoms with van der Waals surface area (Å²) in [5.74, 6) is 0.183. The second-order valence-electron chi connectivity index (χ2n) is 3.11. The van der Waals surface area contributed by atoms with Gasteiger partial charge in [-0.2, -0.15) is 0 Å². The average molecular weight is 212 g/mol. The molecule has 0 saturated heterocycles. The van der Waals surface area contributed by atoms with E-state index in [4.69, 9.17) is 0 Å². The topological polar surface area (TPSA) is 32.3 Å². The molecule has 0 saturated carbocycles. The smallest absolute Gasteiger partial charge is 0.227 e. The van der Waals surface area contributed by atoms with Crippen molar-refractivity contribution < 1.29 is 4.79 Å². The summed E-state index contributed by atoms with van der Waals surface area (Å²) in [6.45, 7) is 0.893. The van der Waals surface area contributed by atoms with Gasteiger partial charge in [0.15, 0.2) is 0 Å². The molecular formula is C10H16N2OS. The number of nitrogens with one attached hydrogen (secondary N) is 1. The van der Waals surface area contributed by atoms with Gasteiger partial charge in [0, 0.05) is 13.5 Å². The van der Waals surface area contributed by atoms with Crippen LogP contribution in [-0.4, -0.2) is 26.5 Å². The molecule has 1 aromatic rings. The van der Waals surface area contributed by atoms with Gasteiger partial charge >= 0.3 is 0 Å². The molecular weight excluding hydrogens is 196 g/mol. The molecule has 0 spiro atoms. The lowest BCUT2D eigenvalue weighted by molar-refractivity contribution is -0.118. The number of amides is 1. The standard InChI is InChI=1S/C10H16N2OS/c1-11-7-3-5-9(13)12(2)10-6-4-8-14-10/h4,6,8,11H,3,5,7H2,1-2H3. The van der Waals surface area contributed by atoms with Gasteiger partial charge in [0.1, 0.15) is 0 Å². The molecule has 0 aliphatic heterocycles. The summed E-state index contributed by atoms with van der Waals surface area (Å²) in [6.07, 6.45) is 1.50. The maximum atomic E-state index is 11.6. The van der Waals surface area contributed by atoms with Crippen LogP contribution in [0.3, 0.4) is 0 Å². The molecule has 1 amide bonds. The molecule has 0 aliphatic rings. The maximum Gasteiger partial charge on any atom is 0.227 e. The fourth-order valence-electron chi connectivity index (χ4n) is 1.17. The number of carbonyl (C=O) groups is 1. The molecule has 1 rings (SSSR count). The highest BCUT2D eigenvalue weighted by Gasteiger charge is 2.10. The molecule has 0 unspecified atom stereocenters. The second-order valence-corrected chi connectivity index (χ2v) is 4.04. The fraction of sp³-hybridized carbons (Fsp3) is 0.500. The molecule has 1 aromatic heterocycles. The molecule has 4 heteroatoms. The Bertz CT molecular complexity index is 272. The van der Waals surface area contributed by atoms with Gasteiger partial charge in [-0.05, 0) is 37.5 Å². The summed E-state index contributed by atoms with van der Waals surface area (Å²) in [6, 6.07) is 3.91. The Balaban J connectivity index is 2.37. The Morgan fingerprint density at radius 2 is 2.43 bits per heavy atom. The highest BCUT2D eigenvalue weighted by atomic mass is 32.1. The van der Waals surface area contributed by atoms with E-state index in [1.807, 2.05) is 31.6 Å². The van der Waals surface area contributed by atoms with Crippen LogP contribution in [0.1, 0.15) is 12.8 Å². The van der Waals surface area contributed by atoms with E-state index in [1.165, 1.54) is 0 Å². The predicted molar refractivity (Wildman–Crippen MR) is 60.9 cm³/mol. The van der Waals surface area contributed by atoms with Crippen LogP contribution in [0, 0.1) is 0 Å². The third kappa shape index (κ3) is 3.12. The molecule has 1 heterocycles. The summed E-state index contributed by atoms with van der Waals surface area (Å²) < 4.78 is 0. The van der Waals surface area contributed by atoms with E-state index in [9.17, 15) is 4.79 Å². The van der Waals surface area contributed by atoms with Crippen molar-refractivity contribution in [1.82, 2.24) is 5.32 Å². The summed E-state index contributed by atoms with van der Waals surface area (Å²) >= 11 is 1.59. The van der Waals surface area contributed by atoms with Gasteiger partial charge < -0.3 is 10.2 Å². The molecule has 0 aliphatic carbocycles. The Kier molecular flexibility index (Phi) is 4.62. The van der Waals surface area contributed by atoms with E-state index in [1.54, 1.807) is 16.2 Å². The van der Waals surface area contributed by atoms with Crippen LogP contribution in [0.5, 0.6) is 0 Å². The SMILES string of the molecule is CNCCCC(=O)N(C)c1cccs1. The number of hydrogen-bond donors (Lipinski definition) is 1. The van der Waals surface area contributed by atoms with Crippen molar-refractivity contribution in [3.8, 4) is 0 Å². The van der Waals surface area contributed by atoms with E-state index >= 15 is 0 Å². The number of anilines is 1. The van der Waals surface area contributed by atoms with Gasteiger partial charge in [-0.15, -0.1) is 11.3 Å². The van der Waals surface area contributed by atoms with Crippen LogP contribution >= 0.6 is 11.3 Å². The van der Waals surface area contributed by atoms with Gasteiger partial charge in [-0.3, -0.25) is 4.79 Å². The van der Waals surface area contributed by atoms with Gasteiger partial charge in [0.05, 0.1) is 5.00 Å². The van der Waals surface area contributed by atoms with Crippen molar-refractivity contribution in [2.45, 2.75) is 12.8 Å². The third-order valence-electron chi connectivity index (χ3n) is 2.03. The van der Waals surface area contributed by atoms with Crippen molar-refractivity contribution in [2.75, 3.05) is 25.5 Å². The van der Waals surface area contributed by atoms with Crippen LogP contribution in [0.15, 0.2) is 17.5 Å². The molecule has 0 fully saturated rings. The summed E-state index contributed by atoms with van der Waals surface area (Å²) in [4.78, 5) is 13.3. The maximum absolute atomic E-state index is 11.6. The Hall–Kier alpha value is -0.870. The average Bonchev–Trinajstić information content (AvgIpc) is 2.69. The first-order chi connectivity index (χ1) is 6.75. The van der Waals surface area contributed by atoms with Crippen LogP contribution in [0.4, 0.5) is 5.00 Å². The van der Waals surface area contributed by atoms with Crippen molar-refractivity contribution in [3.05, 3.63) is 17.5 Å². The highest BCUT2D eigenvalue weighted by molar-refractivity contribution is 7.14. The largest absolute Gasteiger partial charge is 0.320 e. The van der Waals surface area contributed by atoms with Crippen LogP contribution < -0.4 is 10.2 Å². The van der Waals surface area contributed by atoms with Crippen molar-refractivity contribution in [1.29, 1.82) is 0 Å². The Labute approximate surface area is 88.7 Å². The van der Waals surface area contributed by atoms with E-state index in [-0.39, 0.29) is 5.91 Å². The monoisotopic (exact) mass is 212 g/mol. The number of thiophene rings is 1.